The topological polar surface area (TPSA) is 24.9 Å². The van der Waals surface area contributed by atoms with Crippen molar-refractivity contribution in [3.63, 3.8) is 0 Å². The average Bonchev–Trinajstić information content (AvgIpc) is 2.19. The molecule has 1 saturated heterocycles. The van der Waals surface area contributed by atoms with Gasteiger partial charge < -0.3 is 5.32 Å². The summed E-state index contributed by atoms with van der Waals surface area (Å²) in [5.74, 6) is 0.0768. The highest BCUT2D eigenvalue weighted by atomic mass is 35.5. The Morgan fingerprint density at radius 1 is 1.29 bits per heavy atom. The van der Waals surface area contributed by atoms with Crippen LogP contribution in [0.4, 0.5) is 4.39 Å². The quantitative estimate of drug-likeness (QED) is 0.728. The zero-order chi connectivity index (χ0) is 9.10. The van der Waals surface area contributed by atoms with Gasteiger partial charge in [0.1, 0.15) is 0 Å². The van der Waals surface area contributed by atoms with Crippen LogP contribution in [0.5, 0.6) is 0 Å². The lowest BCUT2D eigenvalue weighted by Crippen LogP contribution is -2.27. The zero-order valence-electron chi connectivity index (χ0n) is 7.87. The van der Waals surface area contributed by atoms with Crippen molar-refractivity contribution in [1.82, 2.24) is 10.3 Å². The Bertz CT molecular complexity index is 287. The van der Waals surface area contributed by atoms with E-state index in [1.165, 1.54) is 6.07 Å². The number of piperidine rings is 1. The highest BCUT2D eigenvalue weighted by Crippen LogP contribution is 2.22. The van der Waals surface area contributed by atoms with Gasteiger partial charge in [-0.3, -0.25) is 0 Å². The molecule has 0 atom stereocenters. The van der Waals surface area contributed by atoms with Crippen molar-refractivity contribution in [2.24, 2.45) is 0 Å². The van der Waals surface area contributed by atoms with Gasteiger partial charge >= 0.3 is 0 Å². The SMILES string of the molecule is Cl.Fc1cccc(C2CCNCC2)n1. The van der Waals surface area contributed by atoms with Gasteiger partial charge in [-0.25, -0.2) is 4.98 Å². The van der Waals surface area contributed by atoms with Crippen LogP contribution in [0.2, 0.25) is 0 Å². The molecule has 14 heavy (non-hydrogen) atoms. The molecule has 0 radical (unpaired) electrons. The Hall–Kier alpha value is -0.670. The Morgan fingerprint density at radius 3 is 2.64 bits per heavy atom. The van der Waals surface area contributed by atoms with E-state index >= 15 is 0 Å². The Labute approximate surface area is 89.3 Å². The zero-order valence-corrected chi connectivity index (χ0v) is 8.69. The minimum atomic E-state index is -0.365. The number of pyridine rings is 1. The van der Waals surface area contributed by atoms with Crippen molar-refractivity contribution >= 4 is 12.4 Å². The van der Waals surface area contributed by atoms with Crippen LogP contribution in [0.1, 0.15) is 24.5 Å². The van der Waals surface area contributed by atoms with Crippen LogP contribution in [0.15, 0.2) is 18.2 Å². The summed E-state index contributed by atoms with van der Waals surface area (Å²) < 4.78 is 12.8. The number of hydrogen-bond donors (Lipinski definition) is 1. The van der Waals surface area contributed by atoms with Gasteiger partial charge in [0.25, 0.3) is 0 Å². The molecule has 2 nitrogen and oxygen atoms in total. The summed E-state index contributed by atoms with van der Waals surface area (Å²) >= 11 is 0. The summed E-state index contributed by atoms with van der Waals surface area (Å²) in [6.07, 6.45) is 2.13. The van der Waals surface area contributed by atoms with Crippen molar-refractivity contribution < 1.29 is 4.39 Å². The minimum absolute atomic E-state index is 0. The third-order valence-electron chi connectivity index (χ3n) is 2.49. The van der Waals surface area contributed by atoms with Crippen molar-refractivity contribution in [2.75, 3.05) is 13.1 Å². The van der Waals surface area contributed by atoms with Crippen LogP contribution in [0.3, 0.4) is 0 Å². The van der Waals surface area contributed by atoms with Gasteiger partial charge in [0.05, 0.1) is 0 Å². The van der Waals surface area contributed by atoms with Gasteiger partial charge in [-0.2, -0.15) is 4.39 Å². The van der Waals surface area contributed by atoms with Crippen LogP contribution in [0, 0.1) is 5.95 Å². The summed E-state index contributed by atoms with van der Waals surface area (Å²) in [6, 6.07) is 5.04. The van der Waals surface area contributed by atoms with E-state index in [9.17, 15) is 4.39 Å². The molecule has 0 spiro atoms. The highest BCUT2D eigenvalue weighted by molar-refractivity contribution is 5.85. The standard InChI is InChI=1S/C10H13FN2.ClH/c11-10-3-1-2-9(13-10)8-4-6-12-7-5-8;/h1-3,8,12H,4-7H2;1H. The molecule has 1 aromatic heterocycles. The van der Waals surface area contributed by atoms with E-state index in [0.29, 0.717) is 5.92 Å². The summed E-state index contributed by atoms with van der Waals surface area (Å²) in [4.78, 5) is 3.90. The summed E-state index contributed by atoms with van der Waals surface area (Å²) in [5.41, 5.74) is 0.904. The maximum Gasteiger partial charge on any atom is 0.213 e. The molecule has 0 aromatic carbocycles. The van der Waals surface area contributed by atoms with Crippen LogP contribution < -0.4 is 5.32 Å². The molecule has 2 rings (SSSR count). The molecular formula is C10H14ClFN2. The molecule has 1 aliphatic heterocycles. The molecule has 78 valence electrons. The van der Waals surface area contributed by atoms with E-state index in [0.717, 1.165) is 31.6 Å². The van der Waals surface area contributed by atoms with Crippen LogP contribution in [-0.2, 0) is 0 Å². The monoisotopic (exact) mass is 216 g/mol. The summed E-state index contributed by atoms with van der Waals surface area (Å²) in [5, 5.41) is 3.28. The number of hydrogen-bond acceptors (Lipinski definition) is 2. The molecule has 4 heteroatoms. The molecule has 0 saturated carbocycles. The number of halogens is 2. The molecule has 1 aromatic rings. The van der Waals surface area contributed by atoms with Crippen LogP contribution in [-0.4, -0.2) is 18.1 Å². The Morgan fingerprint density at radius 2 is 2.00 bits per heavy atom. The number of nitrogens with zero attached hydrogens (tertiary/aromatic N) is 1. The molecular weight excluding hydrogens is 203 g/mol. The van der Waals surface area contributed by atoms with Gasteiger partial charge in [-0.15, -0.1) is 12.4 Å². The molecule has 0 unspecified atom stereocenters. The third kappa shape index (κ3) is 2.66. The summed E-state index contributed by atoms with van der Waals surface area (Å²) in [7, 11) is 0. The van der Waals surface area contributed by atoms with E-state index in [1.54, 1.807) is 6.07 Å². The van der Waals surface area contributed by atoms with E-state index in [1.807, 2.05) is 6.07 Å². The second-order valence-corrected chi connectivity index (χ2v) is 3.41. The molecule has 2 heterocycles. The minimum Gasteiger partial charge on any atom is -0.317 e. The normalized spacial score (nSPS) is 17.5. The van der Waals surface area contributed by atoms with Gasteiger partial charge in [-0.1, -0.05) is 6.07 Å². The lowest BCUT2D eigenvalue weighted by atomic mass is 9.94. The fraction of sp³-hybridized carbons (Fsp3) is 0.500. The fourth-order valence-corrected chi connectivity index (χ4v) is 1.77. The lowest BCUT2D eigenvalue weighted by molar-refractivity contribution is 0.446. The van der Waals surface area contributed by atoms with Crippen molar-refractivity contribution in [1.29, 1.82) is 0 Å². The number of aromatic nitrogens is 1. The predicted molar refractivity (Wildman–Crippen MR) is 56.3 cm³/mol. The van der Waals surface area contributed by atoms with Gasteiger partial charge in [0.2, 0.25) is 5.95 Å². The molecule has 0 aliphatic carbocycles. The third-order valence-corrected chi connectivity index (χ3v) is 2.49. The van der Waals surface area contributed by atoms with E-state index in [2.05, 4.69) is 10.3 Å². The van der Waals surface area contributed by atoms with Crippen molar-refractivity contribution in [3.8, 4) is 0 Å². The predicted octanol–water partition coefficient (Wildman–Crippen LogP) is 2.11. The number of nitrogens with one attached hydrogen (secondary N) is 1. The Kier molecular flexibility index (Phi) is 4.29. The molecule has 0 amide bonds. The maximum absolute atomic E-state index is 12.8. The van der Waals surface area contributed by atoms with E-state index in [-0.39, 0.29) is 18.4 Å². The molecule has 1 aliphatic rings. The maximum atomic E-state index is 12.8. The first kappa shape index (κ1) is 11.4. The highest BCUT2D eigenvalue weighted by Gasteiger charge is 2.16. The molecule has 1 fully saturated rings. The van der Waals surface area contributed by atoms with E-state index in [4.69, 9.17) is 0 Å². The smallest absolute Gasteiger partial charge is 0.213 e. The van der Waals surface area contributed by atoms with Crippen LogP contribution >= 0.6 is 12.4 Å². The Balaban J connectivity index is 0.000000980. The van der Waals surface area contributed by atoms with Crippen LogP contribution in [0.25, 0.3) is 0 Å². The summed E-state index contributed by atoms with van der Waals surface area (Å²) in [6.45, 7) is 2.03. The molecule has 0 bridgehead atoms. The first-order valence-electron chi connectivity index (χ1n) is 4.69. The van der Waals surface area contributed by atoms with Gasteiger partial charge in [0.15, 0.2) is 0 Å². The number of rotatable bonds is 1. The van der Waals surface area contributed by atoms with Gasteiger partial charge in [-0.05, 0) is 38.1 Å². The second-order valence-electron chi connectivity index (χ2n) is 3.41. The average molecular weight is 217 g/mol. The molecule has 1 N–H and O–H groups in total. The largest absolute Gasteiger partial charge is 0.317 e. The van der Waals surface area contributed by atoms with Crippen molar-refractivity contribution in [3.05, 3.63) is 29.8 Å². The van der Waals surface area contributed by atoms with E-state index < -0.39 is 0 Å². The first-order chi connectivity index (χ1) is 6.36. The fourth-order valence-electron chi connectivity index (χ4n) is 1.77. The first-order valence-corrected chi connectivity index (χ1v) is 4.69. The lowest BCUT2D eigenvalue weighted by Gasteiger charge is -2.21. The van der Waals surface area contributed by atoms with Crippen molar-refractivity contribution in [2.45, 2.75) is 18.8 Å². The van der Waals surface area contributed by atoms with Gasteiger partial charge in [0, 0.05) is 11.6 Å². The second kappa shape index (κ2) is 5.27.